The van der Waals surface area contributed by atoms with Gasteiger partial charge in [0.25, 0.3) is 0 Å². The lowest BCUT2D eigenvalue weighted by molar-refractivity contribution is 0.846. The molecule has 4 aromatic rings. The van der Waals surface area contributed by atoms with E-state index >= 15 is 0 Å². The summed E-state index contributed by atoms with van der Waals surface area (Å²) < 4.78 is 3.87. The van der Waals surface area contributed by atoms with Gasteiger partial charge in [0.05, 0.1) is 17.6 Å². The quantitative estimate of drug-likeness (QED) is 0.500. The predicted octanol–water partition coefficient (Wildman–Crippen LogP) is 3.94. The van der Waals surface area contributed by atoms with Crippen LogP contribution in [0.5, 0.6) is 0 Å². The van der Waals surface area contributed by atoms with Crippen molar-refractivity contribution in [2.75, 3.05) is 0 Å². The number of hydrogen-bond acceptors (Lipinski definition) is 2. The topological polar surface area (TPSA) is 50.9 Å². The van der Waals surface area contributed by atoms with Gasteiger partial charge < -0.3 is 4.57 Å². The molecule has 0 radical (unpaired) electrons. The molecule has 2 aromatic carbocycles. The number of nitriles is 1. The van der Waals surface area contributed by atoms with E-state index in [1.54, 1.807) is 12.3 Å². The number of para-hydroxylation sites is 1. The first-order valence-corrected chi connectivity index (χ1v) is 7.07. The highest BCUT2D eigenvalue weighted by atomic mass is 15.2. The summed E-state index contributed by atoms with van der Waals surface area (Å²) in [5.74, 6) is 0.684. The Kier molecular flexibility index (Phi) is 2.69. The Morgan fingerprint density at radius 3 is 2.65 bits per heavy atom. The smallest absolute Gasteiger partial charge is 0.215 e. The van der Waals surface area contributed by atoms with E-state index in [2.05, 4.69) is 15.9 Å². The van der Waals surface area contributed by atoms with Gasteiger partial charge >= 0.3 is 0 Å². The Morgan fingerprint density at radius 1 is 1.13 bits per heavy atom. The van der Waals surface area contributed by atoms with Crippen LogP contribution in [0.4, 0.5) is 5.69 Å². The normalized spacial score (nSPS) is 10.7. The summed E-state index contributed by atoms with van der Waals surface area (Å²) in [5.41, 5.74) is 2.96. The highest BCUT2D eigenvalue weighted by Gasteiger charge is 2.16. The molecule has 0 amide bonds. The Morgan fingerprint density at radius 2 is 1.91 bits per heavy atom. The molecule has 0 aliphatic heterocycles. The zero-order valence-electron chi connectivity index (χ0n) is 12.4. The fraction of sp³-hybridized carbons (Fsp3) is 0.0556. The van der Waals surface area contributed by atoms with Crippen LogP contribution in [0.3, 0.4) is 0 Å². The second kappa shape index (κ2) is 4.72. The molecule has 0 aliphatic carbocycles. The zero-order chi connectivity index (χ0) is 16.0. The van der Waals surface area contributed by atoms with Crippen LogP contribution in [0.2, 0.25) is 0 Å². The molecule has 0 saturated heterocycles. The minimum Gasteiger partial charge on any atom is -0.318 e. The highest BCUT2D eigenvalue weighted by molar-refractivity contribution is 6.10. The van der Waals surface area contributed by atoms with Crippen LogP contribution in [0.1, 0.15) is 5.69 Å². The number of benzene rings is 2. The zero-order valence-corrected chi connectivity index (χ0v) is 12.4. The Labute approximate surface area is 132 Å². The van der Waals surface area contributed by atoms with E-state index in [-0.39, 0.29) is 0 Å². The number of aryl methyl sites for hydroxylation is 1. The molecular weight excluding hydrogens is 286 g/mol. The van der Waals surface area contributed by atoms with Gasteiger partial charge in [0.15, 0.2) is 11.4 Å². The maximum atomic E-state index is 9.10. The number of rotatable bonds is 1. The molecule has 0 saturated carbocycles. The lowest BCUT2D eigenvalue weighted by Crippen LogP contribution is -2.02. The van der Waals surface area contributed by atoms with Crippen LogP contribution in [0.25, 0.3) is 32.6 Å². The number of fused-ring (bicyclic) bond motifs is 3. The molecule has 0 unspecified atom stereocenters. The van der Waals surface area contributed by atoms with Crippen molar-refractivity contribution in [3.05, 3.63) is 65.8 Å². The fourth-order valence-electron chi connectivity index (χ4n) is 2.96. The van der Waals surface area contributed by atoms with Gasteiger partial charge in [0.2, 0.25) is 5.95 Å². The van der Waals surface area contributed by atoms with Crippen LogP contribution in [0.15, 0.2) is 48.7 Å². The van der Waals surface area contributed by atoms with E-state index in [4.69, 9.17) is 11.8 Å². The number of aromatic nitrogens is 3. The van der Waals surface area contributed by atoms with Crippen LogP contribution in [0, 0.1) is 17.9 Å². The standard InChI is InChI=1S/C18H11N5/c1-20-12-7-8-17-15(9-12)14-5-3-4-6-16(14)23(17)18-21-13(10-19)11-22(18)2/h3-9,11H,2H3. The molecule has 5 heteroatoms. The first-order valence-electron chi connectivity index (χ1n) is 7.07. The lowest BCUT2D eigenvalue weighted by atomic mass is 10.1. The number of hydrogen-bond donors (Lipinski definition) is 0. The molecule has 0 aliphatic rings. The average molecular weight is 297 g/mol. The third-order valence-electron chi connectivity index (χ3n) is 3.95. The van der Waals surface area contributed by atoms with Crippen molar-refractivity contribution in [2.45, 2.75) is 0 Å². The molecule has 4 rings (SSSR count). The van der Waals surface area contributed by atoms with E-state index in [0.717, 1.165) is 21.8 Å². The summed E-state index contributed by atoms with van der Waals surface area (Å²) >= 11 is 0. The Hall–Kier alpha value is -3.57. The maximum absolute atomic E-state index is 9.10. The van der Waals surface area contributed by atoms with Crippen LogP contribution in [-0.2, 0) is 7.05 Å². The highest BCUT2D eigenvalue weighted by Crippen LogP contribution is 2.33. The van der Waals surface area contributed by atoms with Gasteiger partial charge in [-0.25, -0.2) is 9.83 Å². The summed E-state index contributed by atoms with van der Waals surface area (Å²) in [5, 5.41) is 11.2. The summed E-state index contributed by atoms with van der Waals surface area (Å²) in [7, 11) is 1.87. The minimum atomic E-state index is 0.381. The molecular formula is C18H11N5. The molecule has 2 aromatic heterocycles. The summed E-state index contributed by atoms with van der Waals surface area (Å²) in [6.07, 6.45) is 1.71. The molecule has 0 spiro atoms. The van der Waals surface area contributed by atoms with Crippen molar-refractivity contribution in [1.82, 2.24) is 14.1 Å². The van der Waals surface area contributed by atoms with Crippen molar-refractivity contribution in [3.63, 3.8) is 0 Å². The maximum Gasteiger partial charge on any atom is 0.215 e. The molecule has 0 N–H and O–H groups in total. The van der Waals surface area contributed by atoms with Gasteiger partial charge in [-0.3, -0.25) is 4.57 Å². The van der Waals surface area contributed by atoms with Gasteiger partial charge in [-0.2, -0.15) is 5.26 Å². The Balaban J connectivity index is 2.18. The number of imidazole rings is 1. The second-order valence-corrected chi connectivity index (χ2v) is 5.31. The van der Waals surface area contributed by atoms with Crippen LogP contribution >= 0.6 is 0 Å². The summed E-state index contributed by atoms with van der Waals surface area (Å²) in [4.78, 5) is 7.94. The number of nitrogens with zero attached hydrogens (tertiary/aromatic N) is 5. The van der Waals surface area contributed by atoms with Gasteiger partial charge in [0.1, 0.15) is 6.07 Å². The van der Waals surface area contributed by atoms with Gasteiger partial charge in [-0.1, -0.05) is 24.3 Å². The first kappa shape index (κ1) is 13.1. The molecule has 2 heterocycles. The van der Waals surface area contributed by atoms with Crippen LogP contribution in [-0.4, -0.2) is 14.1 Å². The van der Waals surface area contributed by atoms with Crippen molar-refractivity contribution in [1.29, 1.82) is 5.26 Å². The lowest BCUT2D eigenvalue weighted by Gasteiger charge is -2.06. The summed E-state index contributed by atoms with van der Waals surface area (Å²) in [6, 6.07) is 15.7. The average Bonchev–Trinajstić information content (AvgIpc) is 3.11. The van der Waals surface area contributed by atoms with Crippen LogP contribution < -0.4 is 0 Å². The monoisotopic (exact) mass is 297 g/mol. The first-order chi connectivity index (χ1) is 11.2. The van der Waals surface area contributed by atoms with E-state index in [0.29, 0.717) is 17.3 Å². The SMILES string of the molecule is [C-]#[N+]c1ccc2c(c1)c1ccccc1n2-c1nc(C#N)cn1C. The second-order valence-electron chi connectivity index (χ2n) is 5.31. The van der Waals surface area contributed by atoms with Crippen molar-refractivity contribution >= 4 is 27.5 Å². The molecule has 0 fully saturated rings. The molecule has 108 valence electrons. The molecule has 0 atom stereocenters. The summed E-state index contributed by atoms with van der Waals surface area (Å²) in [6.45, 7) is 7.23. The van der Waals surface area contributed by atoms with Gasteiger partial charge in [-0.05, 0) is 23.6 Å². The third kappa shape index (κ3) is 1.81. The van der Waals surface area contributed by atoms with Crippen molar-refractivity contribution < 1.29 is 0 Å². The Bertz CT molecular complexity index is 1150. The molecule has 5 nitrogen and oxygen atoms in total. The van der Waals surface area contributed by atoms with E-state index in [9.17, 15) is 0 Å². The van der Waals surface area contributed by atoms with E-state index < -0.39 is 0 Å². The van der Waals surface area contributed by atoms with Gasteiger partial charge in [0, 0.05) is 18.6 Å². The van der Waals surface area contributed by atoms with Gasteiger partial charge in [-0.15, -0.1) is 0 Å². The van der Waals surface area contributed by atoms with E-state index in [1.165, 1.54) is 0 Å². The third-order valence-corrected chi connectivity index (χ3v) is 3.95. The predicted molar refractivity (Wildman–Crippen MR) is 88.5 cm³/mol. The largest absolute Gasteiger partial charge is 0.318 e. The van der Waals surface area contributed by atoms with E-state index in [1.807, 2.05) is 52.6 Å². The fourth-order valence-corrected chi connectivity index (χ4v) is 2.96. The molecule has 23 heavy (non-hydrogen) atoms. The van der Waals surface area contributed by atoms with Crippen molar-refractivity contribution in [2.24, 2.45) is 7.05 Å². The van der Waals surface area contributed by atoms with Crippen molar-refractivity contribution in [3.8, 4) is 12.0 Å². The molecule has 0 bridgehead atoms. The minimum absolute atomic E-state index is 0.381.